The average Bonchev–Trinajstić information content (AvgIpc) is 2.66. The third-order valence-electron chi connectivity index (χ3n) is 5.50. The lowest BCUT2D eigenvalue weighted by Gasteiger charge is -2.40. The van der Waals surface area contributed by atoms with Gasteiger partial charge in [-0.1, -0.05) is 42.8 Å². The van der Waals surface area contributed by atoms with Crippen LogP contribution in [0.15, 0.2) is 42.5 Å². The van der Waals surface area contributed by atoms with E-state index in [0.29, 0.717) is 23.8 Å². The number of esters is 2. The zero-order valence-electron chi connectivity index (χ0n) is 17.4. The van der Waals surface area contributed by atoms with E-state index in [4.69, 9.17) is 21.1 Å². The van der Waals surface area contributed by atoms with Crippen molar-refractivity contribution >= 4 is 23.5 Å². The molecule has 0 bridgehead atoms. The predicted octanol–water partition coefficient (Wildman–Crippen LogP) is 5.01. The number of rotatable bonds is 5. The second kappa shape index (κ2) is 9.52. The number of ether oxygens (including phenoxy) is 2. The average molecular weight is 431 g/mol. The molecule has 4 atom stereocenters. The minimum absolute atomic E-state index is 0.0992. The molecule has 3 rings (SSSR count). The van der Waals surface area contributed by atoms with E-state index in [-0.39, 0.29) is 17.6 Å². The Hall–Kier alpha value is -2.53. The summed E-state index contributed by atoms with van der Waals surface area (Å²) in [7, 11) is 0. The van der Waals surface area contributed by atoms with E-state index in [9.17, 15) is 14.7 Å². The summed E-state index contributed by atoms with van der Waals surface area (Å²) in [6.07, 6.45) is 1.07. The Morgan fingerprint density at radius 2 is 1.70 bits per heavy atom. The molecule has 2 aromatic carbocycles. The summed E-state index contributed by atoms with van der Waals surface area (Å²) in [6, 6.07) is 12.9. The number of benzene rings is 2. The van der Waals surface area contributed by atoms with Gasteiger partial charge in [-0.25, -0.2) is 0 Å². The number of hydrogen-bond acceptors (Lipinski definition) is 5. The van der Waals surface area contributed by atoms with Crippen molar-refractivity contribution < 1.29 is 24.2 Å². The van der Waals surface area contributed by atoms with E-state index in [1.807, 2.05) is 30.3 Å². The fourth-order valence-electron chi connectivity index (χ4n) is 4.25. The summed E-state index contributed by atoms with van der Waals surface area (Å²) < 4.78 is 11.2. The monoisotopic (exact) mass is 430 g/mol. The molecule has 0 radical (unpaired) electrons. The molecule has 4 unspecified atom stereocenters. The van der Waals surface area contributed by atoms with Crippen LogP contribution in [-0.4, -0.2) is 29.3 Å². The van der Waals surface area contributed by atoms with Gasteiger partial charge >= 0.3 is 11.9 Å². The number of carbonyl (C=O) groups excluding carboxylic acids is 2. The molecule has 1 aliphatic rings. The summed E-state index contributed by atoms with van der Waals surface area (Å²) in [5, 5.41) is 10.2. The second-order valence-corrected chi connectivity index (χ2v) is 8.51. The number of carbonyl (C=O) groups is 2. The van der Waals surface area contributed by atoms with Gasteiger partial charge < -0.3 is 14.6 Å². The number of aromatic hydroxyl groups is 1. The van der Waals surface area contributed by atoms with Gasteiger partial charge in [-0.2, -0.15) is 0 Å². The van der Waals surface area contributed by atoms with Crippen molar-refractivity contribution in [2.45, 2.75) is 58.2 Å². The highest BCUT2D eigenvalue weighted by Gasteiger charge is 2.41. The van der Waals surface area contributed by atoms with Crippen LogP contribution in [0.5, 0.6) is 5.75 Å². The Morgan fingerprint density at radius 3 is 2.33 bits per heavy atom. The molecule has 30 heavy (non-hydrogen) atoms. The molecule has 0 aliphatic heterocycles. The summed E-state index contributed by atoms with van der Waals surface area (Å²) in [6.45, 7) is 4.86. The molecule has 1 fully saturated rings. The Labute approximate surface area is 182 Å². The minimum Gasteiger partial charge on any atom is -0.508 e. The SMILES string of the molecule is CC(=O)OC1CC(C)CC(c2ccc(Cl)c(Cc3ccc(O)cc3)c2)C1OC(C)=O. The van der Waals surface area contributed by atoms with E-state index in [2.05, 4.69) is 6.92 Å². The molecule has 0 aromatic heterocycles. The number of phenolic OH excluding ortho intramolecular Hbond substituents is 1. The smallest absolute Gasteiger partial charge is 0.303 e. The van der Waals surface area contributed by atoms with Crippen LogP contribution in [0.4, 0.5) is 0 Å². The molecule has 1 saturated carbocycles. The lowest BCUT2D eigenvalue weighted by Crippen LogP contribution is -2.44. The van der Waals surface area contributed by atoms with Gasteiger partial charge in [0.15, 0.2) is 0 Å². The van der Waals surface area contributed by atoms with E-state index >= 15 is 0 Å². The molecule has 5 nitrogen and oxygen atoms in total. The van der Waals surface area contributed by atoms with E-state index in [1.165, 1.54) is 13.8 Å². The van der Waals surface area contributed by atoms with Crippen LogP contribution in [0.1, 0.15) is 56.2 Å². The van der Waals surface area contributed by atoms with Gasteiger partial charge in [0.2, 0.25) is 0 Å². The molecular weight excluding hydrogens is 404 g/mol. The number of hydrogen-bond donors (Lipinski definition) is 1. The zero-order valence-corrected chi connectivity index (χ0v) is 18.2. The molecule has 6 heteroatoms. The molecule has 1 aliphatic carbocycles. The number of halogens is 1. The van der Waals surface area contributed by atoms with Gasteiger partial charge in [-0.3, -0.25) is 9.59 Å². The third kappa shape index (κ3) is 5.54. The predicted molar refractivity (Wildman–Crippen MR) is 115 cm³/mol. The first-order valence-corrected chi connectivity index (χ1v) is 10.5. The maximum absolute atomic E-state index is 11.8. The Bertz CT molecular complexity index is 908. The van der Waals surface area contributed by atoms with Crippen LogP contribution in [0, 0.1) is 5.92 Å². The lowest BCUT2D eigenvalue weighted by atomic mass is 9.74. The van der Waals surface area contributed by atoms with Crippen molar-refractivity contribution in [3.05, 3.63) is 64.2 Å². The highest BCUT2D eigenvalue weighted by Crippen LogP contribution is 2.40. The van der Waals surface area contributed by atoms with E-state index in [0.717, 1.165) is 23.1 Å². The van der Waals surface area contributed by atoms with E-state index < -0.39 is 18.2 Å². The highest BCUT2D eigenvalue weighted by atomic mass is 35.5. The lowest BCUT2D eigenvalue weighted by molar-refractivity contribution is -0.172. The van der Waals surface area contributed by atoms with Crippen molar-refractivity contribution in [2.75, 3.05) is 0 Å². The Morgan fingerprint density at radius 1 is 1.03 bits per heavy atom. The van der Waals surface area contributed by atoms with Crippen LogP contribution in [0.25, 0.3) is 0 Å². The van der Waals surface area contributed by atoms with Crippen molar-refractivity contribution in [2.24, 2.45) is 5.92 Å². The fourth-order valence-corrected chi connectivity index (χ4v) is 4.44. The normalized spacial score (nSPS) is 23.6. The van der Waals surface area contributed by atoms with Gasteiger partial charge in [0, 0.05) is 24.8 Å². The fraction of sp³-hybridized carbons (Fsp3) is 0.417. The van der Waals surface area contributed by atoms with E-state index in [1.54, 1.807) is 12.1 Å². The summed E-state index contributed by atoms with van der Waals surface area (Å²) in [5.74, 6) is -0.347. The van der Waals surface area contributed by atoms with Crippen LogP contribution < -0.4 is 0 Å². The summed E-state index contributed by atoms with van der Waals surface area (Å²) in [5.41, 5.74) is 2.98. The van der Waals surface area contributed by atoms with Crippen LogP contribution in [0.3, 0.4) is 0 Å². The molecule has 160 valence electrons. The van der Waals surface area contributed by atoms with Crippen molar-refractivity contribution in [3.63, 3.8) is 0 Å². The highest BCUT2D eigenvalue weighted by molar-refractivity contribution is 6.31. The first-order valence-electron chi connectivity index (χ1n) is 10.1. The third-order valence-corrected chi connectivity index (χ3v) is 5.87. The zero-order chi connectivity index (χ0) is 21.8. The second-order valence-electron chi connectivity index (χ2n) is 8.10. The van der Waals surface area contributed by atoms with Crippen molar-refractivity contribution in [3.8, 4) is 5.75 Å². The minimum atomic E-state index is -0.537. The standard InChI is InChI=1S/C24H27ClO5/c1-14-10-21(24(30-16(3)27)23(11-14)29-15(2)26)18-6-9-22(25)19(13-18)12-17-4-7-20(28)8-5-17/h4-9,13-14,21,23-24,28H,10-12H2,1-3H3. The first-order chi connectivity index (χ1) is 14.2. The largest absolute Gasteiger partial charge is 0.508 e. The van der Waals surface area contributed by atoms with Gasteiger partial charge in [0.05, 0.1) is 0 Å². The first kappa shape index (κ1) is 22.2. The van der Waals surface area contributed by atoms with Crippen LogP contribution >= 0.6 is 11.6 Å². The molecule has 1 N–H and O–H groups in total. The van der Waals surface area contributed by atoms with Gasteiger partial charge in [0.25, 0.3) is 0 Å². The molecule has 0 amide bonds. The Balaban J connectivity index is 1.93. The quantitative estimate of drug-likeness (QED) is 0.674. The maximum atomic E-state index is 11.8. The van der Waals surface area contributed by atoms with Crippen LogP contribution in [0.2, 0.25) is 5.02 Å². The Kier molecular flexibility index (Phi) is 7.03. The van der Waals surface area contributed by atoms with Gasteiger partial charge in [-0.05, 0) is 60.1 Å². The molecule has 0 spiro atoms. The maximum Gasteiger partial charge on any atom is 0.303 e. The molecular formula is C24H27ClO5. The molecule has 0 saturated heterocycles. The molecule has 2 aromatic rings. The van der Waals surface area contributed by atoms with Crippen molar-refractivity contribution in [1.82, 2.24) is 0 Å². The number of phenols is 1. The summed E-state index contributed by atoms with van der Waals surface area (Å²) in [4.78, 5) is 23.4. The van der Waals surface area contributed by atoms with Gasteiger partial charge in [-0.15, -0.1) is 0 Å². The summed E-state index contributed by atoms with van der Waals surface area (Å²) >= 11 is 6.46. The van der Waals surface area contributed by atoms with Gasteiger partial charge in [0.1, 0.15) is 18.0 Å². The molecule has 0 heterocycles. The van der Waals surface area contributed by atoms with Crippen molar-refractivity contribution in [1.29, 1.82) is 0 Å². The topological polar surface area (TPSA) is 72.8 Å². The van der Waals surface area contributed by atoms with Crippen LogP contribution in [-0.2, 0) is 25.5 Å².